The minimum Gasteiger partial charge on any atom is -0.365 e. The van der Waals surface area contributed by atoms with Crippen molar-refractivity contribution < 1.29 is 4.79 Å². The number of carbonyl (C=O) groups excluding carboxylic acids is 1. The highest BCUT2D eigenvalue weighted by molar-refractivity contribution is 6.30. The number of halogens is 1. The van der Waals surface area contributed by atoms with Crippen LogP contribution < -0.4 is 5.73 Å². The van der Waals surface area contributed by atoms with E-state index in [1.165, 1.54) is 15.9 Å². The Kier molecular flexibility index (Phi) is 5.73. The van der Waals surface area contributed by atoms with Gasteiger partial charge in [0.2, 0.25) is 5.91 Å². The molecule has 1 saturated heterocycles. The van der Waals surface area contributed by atoms with Gasteiger partial charge in [-0.05, 0) is 28.5 Å². The van der Waals surface area contributed by atoms with Crippen LogP contribution in [0, 0.1) is 0 Å². The molecule has 29 heavy (non-hydrogen) atoms. The predicted molar refractivity (Wildman–Crippen MR) is 110 cm³/mol. The van der Waals surface area contributed by atoms with Crippen LogP contribution in [-0.4, -0.2) is 62.1 Å². The number of carbonyl (C=O) groups is 1. The molecular formula is C20H22ClN7O. The molecule has 1 aliphatic rings. The van der Waals surface area contributed by atoms with Crippen molar-refractivity contribution in [2.45, 2.75) is 12.6 Å². The third-order valence-corrected chi connectivity index (χ3v) is 5.33. The maximum absolute atomic E-state index is 12.6. The first-order valence-corrected chi connectivity index (χ1v) is 9.83. The molecule has 150 valence electrons. The van der Waals surface area contributed by atoms with Gasteiger partial charge < -0.3 is 10.6 Å². The molecule has 1 aromatic heterocycles. The first kappa shape index (κ1) is 19.4. The van der Waals surface area contributed by atoms with E-state index in [4.69, 9.17) is 17.3 Å². The molecule has 0 saturated carbocycles. The zero-order valence-electron chi connectivity index (χ0n) is 15.9. The standard InChI is InChI=1S/C20H22ClN7O/c21-17-8-6-16(7-9-17)19(15-4-2-1-3-5-15)27-12-10-26(11-13-27)18(29)14-28-24-20(22)23-25-28/h1-9,19H,10-14H2,(H2,22,24). The fourth-order valence-electron chi connectivity index (χ4n) is 3.67. The van der Waals surface area contributed by atoms with Gasteiger partial charge in [0, 0.05) is 31.2 Å². The summed E-state index contributed by atoms with van der Waals surface area (Å²) in [6, 6.07) is 18.5. The number of anilines is 1. The Hall–Kier alpha value is -2.97. The minimum atomic E-state index is -0.0372. The van der Waals surface area contributed by atoms with E-state index in [0.29, 0.717) is 13.1 Å². The minimum absolute atomic E-state index is 0.0372. The molecule has 8 nitrogen and oxygen atoms in total. The molecule has 4 rings (SSSR count). The summed E-state index contributed by atoms with van der Waals surface area (Å²) in [7, 11) is 0. The van der Waals surface area contributed by atoms with Gasteiger partial charge in [0.1, 0.15) is 6.54 Å². The Morgan fingerprint density at radius 2 is 1.66 bits per heavy atom. The van der Waals surface area contributed by atoms with Gasteiger partial charge in [-0.2, -0.15) is 4.80 Å². The third kappa shape index (κ3) is 4.55. The van der Waals surface area contributed by atoms with E-state index in [1.807, 2.05) is 23.1 Å². The highest BCUT2D eigenvalue weighted by Gasteiger charge is 2.28. The fraction of sp³-hybridized carbons (Fsp3) is 0.300. The second kappa shape index (κ2) is 8.59. The Morgan fingerprint density at radius 1 is 1.00 bits per heavy atom. The molecule has 1 unspecified atom stereocenters. The second-order valence-corrected chi connectivity index (χ2v) is 7.40. The summed E-state index contributed by atoms with van der Waals surface area (Å²) in [6.07, 6.45) is 0. The van der Waals surface area contributed by atoms with Crippen molar-refractivity contribution in [3.8, 4) is 0 Å². The summed E-state index contributed by atoms with van der Waals surface area (Å²) in [5.74, 6) is 0.0288. The molecule has 1 fully saturated rings. The average Bonchev–Trinajstić information content (AvgIpc) is 3.15. The van der Waals surface area contributed by atoms with Crippen LogP contribution in [0.15, 0.2) is 54.6 Å². The van der Waals surface area contributed by atoms with Crippen molar-refractivity contribution in [1.82, 2.24) is 30.0 Å². The topological polar surface area (TPSA) is 93.2 Å². The molecule has 0 aliphatic carbocycles. The van der Waals surface area contributed by atoms with Gasteiger partial charge in [0.15, 0.2) is 0 Å². The molecule has 0 spiro atoms. The largest absolute Gasteiger partial charge is 0.365 e. The van der Waals surface area contributed by atoms with Crippen LogP contribution in [0.1, 0.15) is 17.2 Å². The van der Waals surface area contributed by atoms with Crippen LogP contribution in [0.4, 0.5) is 5.95 Å². The summed E-state index contributed by atoms with van der Waals surface area (Å²) in [4.78, 5) is 18.0. The molecule has 1 atom stereocenters. The van der Waals surface area contributed by atoms with Crippen molar-refractivity contribution in [1.29, 1.82) is 0 Å². The molecule has 1 amide bonds. The summed E-state index contributed by atoms with van der Waals surface area (Å²) >= 11 is 6.09. The van der Waals surface area contributed by atoms with Crippen LogP contribution in [0.5, 0.6) is 0 Å². The molecular weight excluding hydrogens is 390 g/mol. The lowest BCUT2D eigenvalue weighted by Crippen LogP contribution is -2.50. The fourth-order valence-corrected chi connectivity index (χ4v) is 3.79. The normalized spacial score (nSPS) is 16.0. The van der Waals surface area contributed by atoms with Crippen LogP contribution in [-0.2, 0) is 11.3 Å². The van der Waals surface area contributed by atoms with Crippen LogP contribution in [0.3, 0.4) is 0 Å². The maximum Gasteiger partial charge on any atom is 0.260 e. The van der Waals surface area contributed by atoms with Gasteiger partial charge in [0.05, 0.1) is 6.04 Å². The highest BCUT2D eigenvalue weighted by Crippen LogP contribution is 2.30. The van der Waals surface area contributed by atoms with Gasteiger partial charge >= 0.3 is 0 Å². The van der Waals surface area contributed by atoms with E-state index < -0.39 is 0 Å². The quantitative estimate of drug-likeness (QED) is 0.688. The number of hydrogen-bond acceptors (Lipinski definition) is 6. The Balaban J connectivity index is 1.46. The first-order valence-electron chi connectivity index (χ1n) is 9.45. The summed E-state index contributed by atoms with van der Waals surface area (Å²) < 4.78 is 0. The third-order valence-electron chi connectivity index (χ3n) is 5.08. The lowest BCUT2D eigenvalue weighted by Gasteiger charge is -2.39. The van der Waals surface area contributed by atoms with Crippen molar-refractivity contribution in [3.63, 3.8) is 0 Å². The molecule has 3 aromatic rings. The van der Waals surface area contributed by atoms with Crippen molar-refractivity contribution in [2.75, 3.05) is 31.9 Å². The Labute approximate surface area is 173 Å². The van der Waals surface area contributed by atoms with Crippen molar-refractivity contribution in [3.05, 3.63) is 70.7 Å². The van der Waals surface area contributed by atoms with E-state index in [9.17, 15) is 4.79 Å². The average molecular weight is 412 g/mol. The number of benzene rings is 2. The van der Waals surface area contributed by atoms with E-state index in [-0.39, 0.29) is 24.4 Å². The molecule has 2 heterocycles. The number of hydrogen-bond donors (Lipinski definition) is 1. The van der Waals surface area contributed by atoms with Gasteiger partial charge in [-0.25, -0.2) is 0 Å². The molecule has 2 aromatic carbocycles. The number of nitrogen functional groups attached to an aromatic ring is 1. The van der Waals surface area contributed by atoms with E-state index in [0.717, 1.165) is 18.1 Å². The zero-order valence-corrected chi connectivity index (χ0v) is 16.6. The summed E-state index contributed by atoms with van der Waals surface area (Å²) in [6.45, 7) is 2.85. The van der Waals surface area contributed by atoms with E-state index in [1.54, 1.807) is 0 Å². The summed E-state index contributed by atoms with van der Waals surface area (Å²) in [5.41, 5.74) is 7.86. The van der Waals surface area contributed by atoms with Gasteiger partial charge in [-0.3, -0.25) is 9.69 Å². The number of nitrogens with two attached hydrogens (primary N) is 1. The highest BCUT2D eigenvalue weighted by atomic mass is 35.5. The predicted octanol–water partition coefficient (Wildman–Crippen LogP) is 1.84. The van der Waals surface area contributed by atoms with Crippen molar-refractivity contribution in [2.24, 2.45) is 0 Å². The van der Waals surface area contributed by atoms with Crippen LogP contribution in [0.2, 0.25) is 5.02 Å². The number of tetrazole rings is 1. The molecule has 9 heteroatoms. The lowest BCUT2D eigenvalue weighted by molar-refractivity contribution is -0.134. The number of aromatic nitrogens is 4. The maximum atomic E-state index is 12.6. The zero-order chi connectivity index (χ0) is 20.2. The number of piperazine rings is 1. The SMILES string of the molecule is Nc1nnn(CC(=O)N2CCN(C(c3ccccc3)c3ccc(Cl)cc3)CC2)n1. The van der Waals surface area contributed by atoms with Crippen molar-refractivity contribution >= 4 is 23.5 Å². The smallest absolute Gasteiger partial charge is 0.260 e. The van der Waals surface area contributed by atoms with Gasteiger partial charge in [-0.1, -0.05) is 59.2 Å². The molecule has 2 N–H and O–H groups in total. The number of nitrogens with zero attached hydrogens (tertiary/aromatic N) is 6. The van der Waals surface area contributed by atoms with Gasteiger partial charge in [0.25, 0.3) is 5.95 Å². The Morgan fingerprint density at radius 3 is 2.28 bits per heavy atom. The monoisotopic (exact) mass is 411 g/mol. The second-order valence-electron chi connectivity index (χ2n) is 6.96. The van der Waals surface area contributed by atoms with E-state index >= 15 is 0 Å². The summed E-state index contributed by atoms with van der Waals surface area (Å²) in [5, 5.41) is 12.0. The van der Waals surface area contributed by atoms with Crippen LogP contribution in [0.25, 0.3) is 0 Å². The van der Waals surface area contributed by atoms with Gasteiger partial charge in [-0.15, -0.1) is 5.10 Å². The molecule has 1 aliphatic heterocycles. The Bertz CT molecular complexity index is 952. The first-order chi connectivity index (χ1) is 14.1. The lowest BCUT2D eigenvalue weighted by atomic mass is 9.96. The number of amides is 1. The number of rotatable bonds is 5. The molecule has 0 radical (unpaired) electrons. The van der Waals surface area contributed by atoms with E-state index in [2.05, 4.69) is 56.7 Å². The molecule has 0 bridgehead atoms. The van der Waals surface area contributed by atoms with Crippen LogP contribution >= 0.6 is 11.6 Å².